The van der Waals surface area contributed by atoms with Crippen LogP contribution in [-0.4, -0.2) is 10.1 Å². The fourth-order valence-electron chi connectivity index (χ4n) is 0. The van der Waals surface area contributed by atoms with Gasteiger partial charge in [-0.25, -0.2) is 20.2 Å². The van der Waals surface area contributed by atoms with Crippen LogP contribution in [0.1, 0.15) is 0 Å². The zero-order valence-corrected chi connectivity index (χ0v) is 4.23. The number of nitro groups is 2. The minimum atomic E-state index is -0.958. The van der Waals surface area contributed by atoms with Crippen molar-refractivity contribution in [3.63, 3.8) is 0 Å². The highest BCUT2D eigenvalue weighted by Gasteiger charge is 1.57. The number of hydrogen-bond acceptors (Lipinski definition) is 5. The van der Waals surface area contributed by atoms with Gasteiger partial charge < -0.3 is 6.15 Å². The first kappa shape index (κ1) is 7.36. The van der Waals surface area contributed by atoms with Crippen molar-refractivity contribution in [2.45, 2.75) is 0 Å². The van der Waals surface area contributed by atoms with Gasteiger partial charge in [0, 0.05) is 0 Å². The lowest BCUT2D eigenvalue weighted by molar-refractivity contribution is -0.491. The molecule has 0 aliphatic heterocycles. The maximum absolute atomic E-state index is 8.88. The summed E-state index contributed by atoms with van der Waals surface area (Å²) in [5.41, 5.74) is 0. The SMILES string of the molecule is N.[2H]N[N+](=O)[O-].[2H]N[N+](=O)[O-]. The molecule has 0 aliphatic rings. The molecule has 0 aromatic heterocycles. The van der Waals surface area contributed by atoms with E-state index in [2.05, 4.69) is 0 Å². The molecular formula is H7N5O4. The highest BCUT2D eigenvalue weighted by atomic mass is 16.7. The second-order valence-corrected chi connectivity index (χ2v) is 0.514. The predicted octanol–water partition coefficient (Wildman–Crippen LogP) is -1.56. The van der Waals surface area contributed by atoms with E-state index < -0.39 is 10.1 Å². The largest absolute Gasteiger partial charge is 0.344 e. The van der Waals surface area contributed by atoms with Gasteiger partial charge in [0.1, 0.15) is 0 Å². The van der Waals surface area contributed by atoms with Crippen LogP contribution < -0.4 is 17.8 Å². The number of nitrogens with zero attached hydrogens (tertiary/aromatic N) is 2. The van der Waals surface area contributed by atoms with E-state index in [0.29, 0.717) is 0 Å². The molecule has 0 saturated heterocycles. The summed E-state index contributed by atoms with van der Waals surface area (Å²) in [6, 6.07) is 0. The van der Waals surface area contributed by atoms with Crippen molar-refractivity contribution in [3.8, 4) is 0 Å². The van der Waals surface area contributed by atoms with Crippen LogP contribution in [-0.2, 0) is 0 Å². The first-order chi connectivity index (χ1) is 4.54. The number of hydrogen-bond donors (Lipinski definition) is 3. The lowest BCUT2D eigenvalue weighted by Crippen LogP contribution is -2.04. The standard InChI is InChI=1S/2H2N2O2.H3N/c2*1-2(3)4;/h2*1H2;1H3/i/hD2. The Kier molecular flexibility index (Phi) is 7.86. The van der Waals surface area contributed by atoms with E-state index in [4.69, 9.17) is 23.1 Å². The van der Waals surface area contributed by atoms with Gasteiger partial charge >= 0.3 is 0 Å². The maximum atomic E-state index is 8.88. The van der Waals surface area contributed by atoms with Gasteiger partial charge in [-0.3, -0.25) is 0 Å². The average molecular weight is 143 g/mol. The van der Waals surface area contributed by atoms with Gasteiger partial charge in [0.15, 0.2) is 10.1 Å². The molecule has 56 valence electrons. The lowest BCUT2D eigenvalue weighted by Gasteiger charge is -1.61. The van der Waals surface area contributed by atoms with Gasteiger partial charge in [0.25, 0.3) is 0 Å². The summed E-state index contributed by atoms with van der Waals surface area (Å²) in [6.45, 7) is 0. The Bertz CT molecular complexity index is 101. The number of nitrogens with two attached hydrogens (primary N) is 2. The molecular weight excluding hydrogens is 134 g/mol. The van der Waals surface area contributed by atoms with Crippen LogP contribution in [0.25, 0.3) is 0 Å². The van der Waals surface area contributed by atoms with Crippen molar-refractivity contribution in [1.29, 1.82) is 0 Å². The van der Waals surface area contributed by atoms with Gasteiger partial charge in [-0.15, -0.1) is 0 Å². The Labute approximate surface area is 52.4 Å². The summed E-state index contributed by atoms with van der Waals surface area (Å²) in [6.07, 6.45) is 0. The molecule has 0 fully saturated rings. The van der Waals surface area contributed by atoms with Gasteiger partial charge in [0.05, 0.1) is 0 Å². The molecule has 9 heavy (non-hydrogen) atoms. The maximum Gasteiger partial charge on any atom is 0.234 e. The van der Waals surface area contributed by atoms with Crippen LogP contribution in [0.2, 0.25) is 2.82 Å². The Morgan fingerprint density at radius 2 is 1.33 bits per heavy atom. The molecule has 9 nitrogen and oxygen atoms in total. The van der Waals surface area contributed by atoms with Crippen LogP contribution in [0.3, 0.4) is 0 Å². The van der Waals surface area contributed by atoms with Crippen molar-refractivity contribution in [3.05, 3.63) is 20.2 Å². The Balaban J connectivity index is -0.000000107. The lowest BCUT2D eigenvalue weighted by atomic mass is 12.8. The average Bonchev–Trinajstić information content (AvgIpc) is 1.89. The minimum absolute atomic E-state index is 0. The van der Waals surface area contributed by atoms with Crippen molar-refractivity contribution in [2.24, 2.45) is 11.7 Å². The summed E-state index contributed by atoms with van der Waals surface area (Å²) >= 11 is 0. The Morgan fingerprint density at radius 1 is 1.22 bits per heavy atom. The van der Waals surface area contributed by atoms with Crippen molar-refractivity contribution in [1.82, 2.24) is 6.15 Å². The van der Waals surface area contributed by atoms with Crippen LogP contribution in [0, 0.1) is 20.2 Å². The van der Waals surface area contributed by atoms with E-state index in [1.165, 1.54) is 0 Å². The highest BCUT2D eigenvalue weighted by molar-refractivity contribution is 3.87. The summed E-state index contributed by atoms with van der Waals surface area (Å²) in [5, 5.41) is 15.8. The minimum Gasteiger partial charge on any atom is -0.344 e. The fourth-order valence-corrected chi connectivity index (χ4v) is 0. The van der Waals surface area contributed by atoms with Gasteiger partial charge in [0.2, 0.25) is 2.82 Å². The zero-order chi connectivity index (χ0) is 8.57. The van der Waals surface area contributed by atoms with Gasteiger partial charge in [-0.2, -0.15) is 11.7 Å². The molecule has 0 aromatic rings. The third kappa shape index (κ3) is 45.0. The molecule has 0 bridgehead atoms. The smallest absolute Gasteiger partial charge is 0.234 e. The van der Waals surface area contributed by atoms with Crippen molar-refractivity contribution >= 4 is 0 Å². The quantitative estimate of drug-likeness (QED) is 0.238. The summed E-state index contributed by atoms with van der Waals surface area (Å²) in [5.74, 6) is 2.00. The van der Waals surface area contributed by atoms with Crippen molar-refractivity contribution in [2.75, 3.05) is 0 Å². The van der Waals surface area contributed by atoms with Crippen LogP contribution in [0.5, 0.6) is 0 Å². The van der Waals surface area contributed by atoms with Crippen LogP contribution >= 0.6 is 0 Å². The molecule has 0 amide bonds. The Morgan fingerprint density at radius 3 is 1.33 bits per heavy atom. The van der Waals surface area contributed by atoms with E-state index in [1.54, 1.807) is 0 Å². The normalized spacial score (nSPS) is 7.56. The molecule has 0 rings (SSSR count). The summed E-state index contributed by atoms with van der Waals surface area (Å²) in [7, 11) is 0. The van der Waals surface area contributed by atoms with E-state index in [-0.39, 0.29) is 6.15 Å². The van der Waals surface area contributed by atoms with E-state index in [1.807, 2.05) is 0 Å². The first-order valence-electron chi connectivity index (χ1n) is 2.18. The summed E-state index contributed by atoms with van der Waals surface area (Å²) in [4.78, 5) is 17.8. The second-order valence-electron chi connectivity index (χ2n) is 0.514. The molecule has 0 spiro atoms. The molecule has 0 radical (unpaired) electrons. The Hall–Kier alpha value is -1.64. The third-order valence-corrected chi connectivity index (χ3v) is 0. The molecule has 0 atom stereocenters. The molecule has 0 unspecified atom stereocenters. The fraction of sp³-hybridized carbons (Fsp3) is 0. The molecule has 0 heterocycles. The number of hydrazine groups is 2. The highest BCUT2D eigenvalue weighted by Crippen LogP contribution is 1.29. The third-order valence-electron chi connectivity index (χ3n) is 0. The van der Waals surface area contributed by atoms with Crippen LogP contribution in [0.4, 0.5) is 0 Å². The molecule has 0 aromatic carbocycles. The topological polar surface area (TPSA) is 173 Å². The zero-order valence-electron chi connectivity index (χ0n) is 6.23. The van der Waals surface area contributed by atoms with Crippen molar-refractivity contribution < 1.29 is 12.9 Å². The number of rotatable bonds is 2. The van der Waals surface area contributed by atoms with E-state index in [9.17, 15) is 0 Å². The monoisotopic (exact) mass is 143 g/mol. The first-order valence-corrected chi connectivity index (χ1v) is 1.18. The van der Waals surface area contributed by atoms with Crippen LogP contribution in [0.15, 0.2) is 0 Å². The van der Waals surface area contributed by atoms with Gasteiger partial charge in [-0.1, -0.05) is 0 Å². The predicted molar refractivity (Wildman–Crippen MR) is 27.4 cm³/mol. The van der Waals surface area contributed by atoms with E-state index in [0.717, 1.165) is 11.7 Å². The molecule has 0 saturated carbocycles. The molecule has 0 aliphatic carbocycles. The molecule has 7 N–H and O–H groups in total. The van der Waals surface area contributed by atoms with Gasteiger partial charge in [-0.05, 0) is 0 Å². The second kappa shape index (κ2) is 9.61. The summed E-state index contributed by atoms with van der Waals surface area (Å²) < 4.78 is 11.4. The van der Waals surface area contributed by atoms with E-state index >= 15 is 0 Å². The molecule has 9 heteroatoms.